The Morgan fingerprint density at radius 2 is 1.25 bits per heavy atom. The topological polar surface area (TPSA) is 44.5 Å². The van der Waals surface area contributed by atoms with E-state index < -0.39 is 0 Å². The molecule has 0 saturated carbocycles. The van der Waals surface area contributed by atoms with Crippen molar-refractivity contribution in [3.05, 3.63) is 24.7 Å². The van der Waals surface area contributed by atoms with Crippen molar-refractivity contribution in [3.8, 4) is 0 Å². The van der Waals surface area contributed by atoms with E-state index in [0.29, 0.717) is 0 Å². The molecule has 0 rings (SSSR count). The Labute approximate surface area is 125 Å². The van der Waals surface area contributed by atoms with E-state index in [4.69, 9.17) is 15.2 Å². The first-order valence-corrected chi connectivity index (χ1v) is 7.99. The lowest BCUT2D eigenvalue weighted by Gasteiger charge is -2.24. The second kappa shape index (κ2) is 13.0. The van der Waals surface area contributed by atoms with Crippen molar-refractivity contribution in [1.82, 2.24) is 0 Å². The van der Waals surface area contributed by atoms with Gasteiger partial charge >= 0.3 is 0 Å². The van der Waals surface area contributed by atoms with Gasteiger partial charge in [-0.3, -0.25) is 0 Å². The molecule has 3 heteroatoms. The Morgan fingerprint density at radius 3 is 1.60 bits per heavy atom. The van der Waals surface area contributed by atoms with Crippen LogP contribution < -0.4 is 5.73 Å². The first-order chi connectivity index (χ1) is 9.63. The summed E-state index contributed by atoms with van der Waals surface area (Å²) in [7, 11) is 0. The minimum absolute atomic E-state index is 0.0491. The molecule has 0 saturated heterocycles. The molecule has 2 unspecified atom stereocenters. The largest absolute Gasteiger partial charge is 0.497 e. The Bertz CT molecular complexity index is 238. The van der Waals surface area contributed by atoms with Crippen molar-refractivity contribution in [3.63, 3.8) is 0 Å². The van der Waals surface area contributed by atoms with E-state index in [0.717, 1.165) is 12.8 Å². The number of hydrogen-bond acceptors (Lipinski definition) is 3. The Morgan fingerprint density at radius 1 is 0.850 bits per heavy atom. The molecule has 3 nitrogen and oxygen atoms in total. The first kappa shape index (κ1) is 19.0. The van der Waals surface area contributed by atoms with Crippen molar-refractivity contribution >= 4 is 0 Å². The lowest BCUT2D eigenvalue weighted by atomic mass is 10.1. The van der Waals surface area contributed by atoms with Gasteiger partial charge < -0.3 is 15.2 Å². The zero-order valence-corrected chi connectivity index (χ0v) is 13.7. The molecule has 0 amide bonds. The maximum atomic E-state index is 6.12. The van der Waals surface area contributed by atoms with E-state index in [2.05, 4.69) is 26.0 Å². The maximum absolute atomic E-state index is 6.12. The summed E-state index contributed by atoms with van der Waals surface area (Å²) < 4.78 is 11.2. The fraction of sp³-hybridized carbons (Fsp3) is 0.765. The van der Waals surface area contributed by atoms with Crippen LogP contribution in [0.5, 0.6) is 0 Å². The molecule has 0 aliphatic heterocycles. The normalized spacial score (nSPS) is 16.4. The van der Waals surface area contributed by atoms with Crippen LogP contribution in [0, 0.1) is 0 Å². The summed E-state index contributed by atoms with van der Waals surface area (Å²) in [6, 6.07) is -0.137. The summed E-state index contributed by atoms with van der Waals surface area (Å²) >= 11 is 0. The molecule has 0 aromatic carbocycles. The minimum atomic E-state index is -0.137. The Hall–Kier alpha value is -0.960. The Balaban J connectivity index is 3.87. The number of unbranched alkanes of at least 4 members (excludes halogenated alkanes) is 4. The van der Waals surface area contributed by atoms with Crippen LogP contribution in [-0.2, 0) is 9.47 Å². The van der Waals surface area contributed by atoms with E-state index in [9.17, 15) is 0 Å². The van der Waals surface area contributed by atoms with Gasteiger partial charge in [-0.05, 0) is 51.7 Å². The number of nitrogens with two attached hydrogens (primary N) is 1. The van der Waals surface area contributed by atoms with Crippen molar-refractivity contribution in [2.45, 2.75) is 84.5 Å². The third-order valence-electron chi connectivity index (χ3n) is 3.31. The second-order valence-electron chi connectivity index (χ2n) is 5.29. The summed E-state index contributed by atoms with van der Waals surface area (Å²) in [4.78, 5) is 0. The van der Waals surface area contributed by atoms with E-state index in [1.165, 1.54) is 25.7 Å². The average Bonchev–Trinajstić information content (AvgIpc) is 2.45. The van der Waals surface area contributed by atoms with Gasteiger partial charge in [-0.1, -0.05) is 26.7 Å². The molecule has 0 aromatic rings. The predicted molar refractivity (Wildman–Crippen MR) is 86.4 cm³/mol. The molecule has 0 aromatic heterocycles. The molecule has 0 aliphatic carbocycles. The molecule has 0 heterocycles. The molecule has 2 atom stereocenters. The van der Waals surface area contributed by atoms with E-state index in [-0.39, 0.29) is 18.2 Å². The van der Waals surface area contributed by atoms with Crippen molar-refractivity contribution in [2.24, 2.45) is 5.73 Å². The summed E-state index contributed by atoms with van der Waals surface area (Å²) in [6.45, 7) is 8.32. The molecule has 0 spiro atoms. The smallest absolute Gasteiger partial charge is 0.114 e. The van der Waals surface area contributed by atoms with Gasteiger partial charge in [0, 0.05) is 0 Å². The predicted octanol–water partition coefficient (Wildman–Crippen LogP) is 4.53. The van der Waals surface area contributed by atoms with Crippen molar-refractivity contribution in [1.29, 1.82) is 0 Å². The minimum Gasteiger partial charge on any atom is -0.497 e. The van der Waals surface area contributed by atoms with Crippen LogP contribution >= 0.6 is 0 Å². The summed E-state index contributed by atoms with van der Waals surface area (Å²) in [5, 5.41) is 0. The highest BCUT2D eigenvalue weighted by atomic mass is 16.5. The number of ether oxygens (including phenoxy) is 2. The zero-order chi connectivity index (χ0) is 15.2. The van der Waals surface area contributed by atoms with E-state index >= 15 is 0 Å². The highest BCUT2D eigenvalue weighted by Gasteiger charge is 2.20. The average molecular weight is 283 g/mol. The third-order valence-corrected chi connectivity index (χ3v) is 3.31. The molecule has 0 radical (unpaired) electrons. The van der Waals surface area contributed by atoms with Crippen LogP contribution in [0.25, 0.3) is 0 Å². The van der Waals surface area contributed by atoms with Gasteiger partial charge in [0.25, 0.3) is 0 Å². The van der Waals surface area contributed by atoms with Crippen molar-refractivity contribution in [2.75, 3.05) is 0 Å². The molecule has 20 heavy (non-hydrogen) atoms. The number of hydrogen-bond donors (Lipinski definition) is 1. The summed E-state index contributed by atoms with van der Waals surface area (Å²) in [6.07, 6.45) is 14.5. The summed E-state index contributed by atoms with van der Waals surface area (Å²) in [5.41, 5.74) is 6.12. The lowest BCUT2D eigenvalue weighted by Crippen LogP contribution is -2.43. The van der Waals surface area contributed by atoms with Crippen LogP contribution in [0.2, 0.25) is 0 Å². The number of rotatable bonds is 12. The molecule has 2 N–H and O–H groups in total. The molecule has 0 bridgehead atoms. The van der Waals surface area contributed by atoms with Gasteiger partial charge in [0.2, 0.25) is 0 Å². The van der Waals surface area contributed by atoms with Crippen LogP contribution in [0.15, 0.2) is 24.7 Å². The van der Waals surface area contributed by atoms with E-state index in [1.807, 2.05) is 13.8 Å². The SMILES string of the molecule is CCCCC=COC(C)C(N)C(C)OC=CCCCC. The van der Waals surface area contributed by atoms with Gasteiger partial charge in [0.1, 0.15) is 12.2 Å². The first-order valence-electron chi connectivity index (χ1n) is 7.99. The van der Waals surface area contributed by atoms with Crippen LogP contribution in [0.1, 0.15) is 66.2 Å². The quantitative estimate of drug-likeness (QED) is 0.423. The summed E-state index contributed by atoms with van der Waals surface area (Å²) in [5.74, 6) is 0. The van der Waals surface area contributed by atoms with Gasteiger partial charge in [-0.2, -0.15) is 0 Å². The molecular weight excluding hydrogens is 250 g/mol. The highest BCUT2D eigenvalue weighted by molar-refractivity contribution is 4.83. The number of allylic oxidation sites excluding steroid dienone is 2. The zero-order valence-electron chi connectivity index (χ0n) is 13.7. The third kappa shape index (κ3) is 9.90. The van der Waals surface area contributed by atoms with Gasteiger partial charge in [0.05, 0.1) is 18.6 Å². The maximum Gasteiger partial charge on any atom is 0.114 e. The fourth-order valence-corrected chi connectivity index (χ4v) is 1.70. The Kier molecular flexibility index (Phi) is 12.4. The molecule has 0 fully saturated rings. The highest BCUT2D eigenvalue weighted by Crippen LogP contribution is 2.07. The van der Waals surface area contributed by atoms with Crippen LogP contribution in [0.3, 0.4) is 0 Å². The molecular formula is C17H33NO2. The molecule has 0 aliphatic rings. The van der Waals surface area contributed by atoms with Crippen LogP contribution in [-0.4, -0.2) is 18.2 Å². The monoisotopic (exact) mass is 283 g/mol. The lowest BCUT2D eigenvalue weighted by molar-refractivity contribution is 0.0535. The van der Waals surface area contributed by atoms with Gasteiger partial charge in [-0.15, -0.1) is 0 Å². The fourth-order valence-electron chi connectivity index (χ4n) is 1.70. The van der Waals surface area contributed by atoms with E-state index in [1.54, 1.807) is 12.5 Å². The van der Waals surface area contributed by atoms with Crippen molar-refractivity contribution < 1.29 is 9.47 Å². The molecule has 118 valence electrons. The second-order valence-corrected chi connectivity index (χ2v) is 5.29. The van der Waals surface area contributed by atoms with Gasteiger partial charge in [-0.25, -0.2) is 0 Å². The van der Waals surface area contributed by atoms with Crippen LogP contribution in [0.4, 0.5) is 0 Å². The standard InChI is InChI=1S/C17H33NO2/c1-5-7-9-11-13-19-15(3)17(18)16(4)20-14-12-10-8-6-2/h11-17H,5-10,18H2,1-4H3. The van der Waals surface area contributed by atoms with Gasteiger partial charge in [0.15, 0.2) is 0 Å².